The van der Waals surface area contributed by atoms with Gasteiger partial charge >= 0.3 is 0 Å². The lowest BCUT2D eigenvalue weighted by atomic mass is 10.0. The molecule has 2 aromatic rings. The molecule has 1 amide bonds. The van der Waals surface area contributed by atoms with Crippen LogP contribution in [0, 0.1) is 0 Å². The molecule has 0 spiro atoms. The van der Waals surface area contributed by atoms with Crippen molar-refractivity contribution < 1.29 is 4.79 Å². The number of hydrogen-bond donors (Lipinski definition) is 2. The van der Waals surface area contributed by atoms with Crippen LogP contribution in [-0.2, 0) is 4.79 Å². The van der Waals surface area contributed by atoms with Crippen molar-refractivity contribution in [2.45, 2.75) is 38.3 Å². The number of amides is 1. The highest BCUT2D eigenvalue weighted by Gasteiger charge is 2.21. The van der Waals surface area contributed by atoms with Crippen molar-refractivity contribution in [2.75, 3.05) is 11.9 Å². The van der Waals surface area contributed by atoms with Crippen molar-refractivity contribution in [1.82, 2.24) is 15.1 Å². The first kappa shape index (κ1) is 14.8. The fraction of sp³-hybridized carbons (Fsp3) is 0.412. The van der Waals surface area contributed by atoms with Crippen LogP contribution in [0.3, 0.4) is 0 Å². The number of nitrogens with one attached hydrogen (secondary N) is 2. The van der Waals surface area contributed by atoms with E-state index in [1.807, 2.05) is 35.1 Å². The number of carbonyl (C=O) groups is 1. The molecule has 0 aliphatic carbocycles. The Balaban J connectivity index is 1.64. The van der Waals surface area contributed by atoms with Crippen molar-refractivity contribution >= 4 is 11.7 Å². The van der Waals surface area contributed by atoms with Gasteiger partial charge in [0.25, 0.3) is 0 Å². The van der Waals surface area contributed by atoms with Crippen LogP contribution < -0.4 is 10.6 Å². The van der Waals surface area contributed by atoms with Crippen LogP contribution in [0.2, 0.25) is 0 Å². The van der Waals surface area contributed by atoms with Gasteiger partial charge in [0.05, 0.1) is 12.1 Å². The molecule has 3 rings (SSSR count). The second-order valence-corrected chi connectivity index (χ2v) is 5.76. The Morgan fingerprint density at radius 3 is 2.86 bits per heavy atom. The number of hydrogen-bond acceptors (Lipinski definition) is 3. The molecular formula is C17H22N4O. The van der Waals surface area contributed by atoms with Gasteiger partial charge in [-0.1, -0.05) is 36.8 Å². The third-order valence-corrected chi connectivity index (χ3v) is 4.17. The predicted molar refractivity (Wildman–Crippen MR) is 86.8 cm³/mol. The zero-order valence-electron chi connectivity index (χ0n) is 12.8. The molecule has 1 fully saturated rings. The van der Waals surface area contributed by atoms with E-state index in [0.29, 0.717) is 5.82 Å². The smallest absolute Gasteiger partial charge is 0.242 e. The SMILES string of the molecule is C[C@@H](c1ccccc1)n1ccc(NC(=O)[C@@H]2CCCCN2)n1. The van der Waals surface area contributed by atoms with Crippen LogP contribution in [0.15, 0.2) is 42.6 Å². The minimum absolute atomic E-state index is 0.0114. The van der Waals surface area contributed by atoms with E-state index in [9.17, 15) is 4.79 Å². The Hall–Kier alpha value is -2.14. The Morgan fingerprint density at radius 2 is 2.14 bits per heavy atom. The number of aromatic nitrogens is 2. The fourth-order valence-corrected chi connectivity index (χ4v) is 2.79. The molecule has 1 aliphatic heterocycles. The Labute approximate surface area is 130 Å². The molecule has 0 radical (unpaired) electrons. The first-order chi connectivity index (χ1) is 10.7. The van der Waals surface area contributed by atoms with E-state index in [4.69, 9.17) is 0 Å². The van der Waals surface area contributed by atoms with E-state index in [-0.39, 0.29) is 18.0 Å². The van der Waals surface area contributed by atoms with Crippen LogP contribution >= 0.6 is 0 Å². The summed E-state index contributed by atoms with van der Waals surface area (Å²) in [5, 5.41) is 10.6. The summed E-state index contributed by atoms with van der Waals surface area (Å²) in [6.07, 6.45) is 5.05. The Morgan fingerprint density at radius 1 is 1.32 bits per heavy atom. The summed E-state index contributed by atoms with van der Waals surface area (Å²) in [5.74, 6) is 0.623. The highest BCUT2D eigenvalue weighted by atomic mass is 16.2. The fourth-order valence-electron chi connectivity index (χ4n) is 2.79. The molecule has 116 valence electrons. The molecule has 2 N–H and O–H groups in total. The lowest BCUT2D eigenvalue weighted by Crippen LogP contribution is -2.43. The molecule has 5 nitrogen and oxygen atoms in total. The van der Waals surface area contributed by atoms with Gasteiger partial charge in [-0.15, -0.1) is 0 Å². The number of carbonyl (C=O) groups excluding carboxylic acids is 1. The molecule has 2 heterocycles. The zero-order valence-corrected chi connectivity index (χ0v) is 12.8. The normalized spacial score (nSPS) is 19.6. The van der Waals surface area contributed by atoms with Crippen molar-refractivity contribution in [2.24, 2.45) is 0 Å². The average molecular weight is 298 g/mol. The molecular weight excluding hydrogens is 276 g/mol. The molecule has 2 atom stereocenters. The van der Waals surface area contributed by atoms with Gasteiger partial charge in [0, 0.05) is 12.3 Å². The molecule has 1 saturated heterocycles. The molecule has 0 saturated carbocycles. The lowest BCUT2D eigenvalue weighted by molar-refractivity contribution is -0.118. The van der Waals surface area contributed by atoms with Crippen LogP contribution in [0.25, 0.3) is 0 Å². The van der Waals surface area contributed by atoms with E-state index in [1.54, 1.807) is 0 Å². The predicted octanol–water partition coefficient (Wildman–Crippen LogP) is 2.57. The van der Waals surface area contributed by atoms with Crippen molar-refractivity contribution in [3.63, 3.8) is 0 Å². The second-order valence-electron chi connectivity index (χ2n) is 5.76. The van der Waals surface area contributed by atoms with E-state index in [1.165, 1.54) is 5.56 Å². The average Bonchev–Trinajstić information content (AvgIpc) is 3.04. The Bertz CT molecular complexity index is 617. The first-order valence-corrected chi connectivity index (χ1v) is 7.88. The van der Waals surface area contributed by atoms with Crippen LogP contribution in [0.4, 0.5) is 5.82 Å². The van der Waals surface area contributed by atoms with Gasteiger partial charge in [-0.2, -0.15) is 5.10 Å². The number of rotatable bonds is 4. The molecule has 22 heavy (non-hydrogen) atoms. The summed E-state index contributed by atoms with van der Waals surface area (Å²) in [4.78, 5) is 12.2. The van der Waals surface area contributed by atoms with Gasteiger partial charge < -0.3 is 10.6 Å². The number of piperidine rings is 1. The summed E-state index contributed by atoms with van der Waals surface area (Å²) < 4.78 is 1.87. The summed E-state index contributed by atoms with van der Waals surface area (Å²) in [7, 11) is 0. The van der Waals surface area contributed by atoms with Crippen LogP contribution in [0.5, 0.6) is 0 Å². The second kappa shape index (κ2) is 6.75. The minimum Gasteiger partial charge on any atom is -0.308 e. The molecule has 1 aliphatic rings. The highest BCUT2D eigenvalue weighted by molar-refractivity contribution is 5.94. The highest BCUT2D eigenvalue weighted by Crippen LogP contribution is 2.18. The lowest BCUT2D eigenvalue weighted by Gasteiger charge is -2.21. The van der Waals surface area contributed by atoms with Gasteiger partial charge in [0.1, 0.15) is 0 Å². The number of anilines is 1. The van der Waals surface area contributed by atoms with Crippen LogP contribution in [-0.4, -0.2) is 28.3 Å². The standard InChI is InChI=1S/C17H22N4O/c1-13(14-7-3-2-4-8-14)21-12-10-16(20-21)19-17(22)15-9-5-6-11-18-15/h2-4,7-8,10,12-13,15,18H,5-6,9,11H2,1H3,(H,19,20,22)/t13-,15-/m0/s1. The van der Waals surface area contributed by atoms with Gasteiger partial charge in [-0.25, -0.2) is 0 Å². The van der Waals surface area contributed by atoms with E-state index >= 15 is 0 Å². The van der Waals surface area contributed by atoms with Crippen molar-refractivity contribution in [3.8, 4) is 0 Å². The van der Waals surface area contributed by atoms with Crippen molar-refractivity contribution in [3.05, 3.63) is 48.2 Å². The van der Waals surface area contributed by atoms with Crippen LogP contribution in [0.1, 0.15) is 37.8 Å². The number of nitrogens with zero attached hydrogens (tertiary/aromatic N) is 2. The summed E-state index contributed by atoms with van der Waals surface area (Å²) in [6, 6.07) is 12.1. The summed E-state index contributed by atoms with van der Waals surface area (Å²) >= 11 is 0. The van der Waals surface area contributed by atoms with Gasteiger partial charge in [0.15, 0.2) is 5.82 Å². The molecule has 1 aromatic heterocycles. The van der Waals surface area contributed by atoms with Gasteiger partial charge in [-0.3, -0.25) is 9.48 Å². The number of benzene rings is 1. The first-order valence-electron chi connectivity index (χ1n) is 7.88. The topological polar surface area (TPSA) is 59.0 Å². The van der Waals surface area contributed by atoms with Gasteiger partial charge in [-0.05, 0) is 31.9 Å². The van der Waals surface area contributed by atoms with Crippen molar-refractivity contribution in [1.29, 1.82) is 0 Å². The maximum atomic E-state index is 12.2. The maximum absolute atomic E-state index is 12.2. The third kappa shape index (κ3) is 3.36. The zero-order chi connectivity index (χ0) is 15.4. The quantitative estimate of drug-likeness (QED) is 0.912. The van der Waals surface area contributed by atoms with Gasteiger partial charge in [0.2, 0.25) is 5.91 Å². The third-order valence-electron chi connectivity index (χ3n) is 4.17. The monoisotopic (exact) mass is 298 g/mol. The summed E-state index contributed by atoms with van der Waals surface area (Å²) in [5.41, 5.74) is 1.19. The Kier molecular flexibility index (Phi) is 4.53. The molecule has 1 aromatic carbocycles. The summed E-state index contributed by atoms with van der Waals surface area (Å²) in [6.45, 7) is 3.01. The van der Waals surface area contributed by atoms with E-state index in [2.05, 4.69) is 34.8 Å². The minimum atomic E-state index is -0.0922. The molecule has 0 unspecified atom stereocenters. The molecule has 0 bridgehead atoms. The maximum Gasteiger partial charge on any atom is 0.242 e. The molecule has 5 heteroatoms. The largest absolute Gasteiger partial charge is 0.308 e. The van der Waals surface area contributed by atoms with E-state index < -0.39 is 0 Å². The van der Waals surface area contributed by atoms with E-state index in [0.717, 1.165) is 25.8 Å².